The molecule has 0 amide bonds. The number of amidine groups is 1. The van der Waals surface area contributed by atoms with E-state index in [-0.39, 0.29) is 0 Å². The zero-order chi connectivity index (χ0) is 33.5. The summed E-state index contributed by atoms with van der Waals surface area (Å²) in [7, 11) is 0. The van der Waals surface area contributed by atoms with Gasteiger partial charge in [-0.15, -0.1) is 11.3 Å². The number of hydrogen-bond acceptors (Lipinski definition) is 4. The Hall–Kier alpha value is -6.21. The number of benzene rings is 7. The topological polar surface area (TPSA) is 56.6 Å². The van der Waals surface area contributed by atoms with E-state index in [1.54, 1.807) is 11.3 Å². The first-order chi connectivity index (χ1) is 25.3. The molecular formula is C45H29N4OS-. The van der Waals surface area contributed by atoms with Crippen LogP contribution in [0.2, 0.25) is 0 Å². The normalized spacial score (nSPS) is 16.4. The Morgan fingerprint density at radius 2 is 1.20 bits per heavy atom. The Morgan fingerprint density at radius 1 is 0.549 bits per heavy atom. The minimum absolute atomic E-state index is 0.404. The minimum Gasteiger partial charge on any atom is -0.598 e. The number of para-hydroxylation sites is 3. The van der Waals surface area contributed by atoms with Crippen molar-refractivity contribution in [3.63, 3.8) is 0 Å². The Balaban J connectivity index is 1.08. The molecule has 1 aliphatic rings. The van der Waals surface area contributed by atoms with Gasteiger partial charge in [0.05, 0.1) is 4.70 Å². The molecule has 51 heavy (non-hydrogen) atoms. The van der Waals surface area contributed by atoms with Gasteiger partial charge in [0.15, 0.2) is 5.58 Å². The van der Waals surface area contributed by atoms with Gasteiger partial charge in [0.2, 0.25) is 0 Å². The van der Waals surface area contributed by atoms with E-state index >= 15 is 0 Å². The van der Waals surface area contributed by atoms with Crippen molar-refractivity contribution in [1.82, 2.24) is 9.88 Å². The number of nitrogens with one attached hydrogen (secondary N) is 1. The van der Waals surface area contributed by atoms with Crippen molar-refractivity contribution < 1.29 is 4.42 Å². The molecule has 0 saturated heterocycles. The highest BCUT2D eigenvalue weighted by atomic mass is 32.1. The molecule has 4 heterocycles. The lowest BCUT2D eigenvalue weighted by Gasteiger charge is -2.44. The molecule has 5 nitrogen and oxygen atoms in total. The van der Waals surface area contributed by atoms with Crippen LogP contribution in [0.3, 0.4) is 0 Å². The van der Waals surface area contributed by atoms with Crippen molar-refractivity contribution in [2.24, 2.45) is 4.99 Å². The average Bonchev–Trinajstić information content (AvgIpc) is 3.88. The lowest BCUT2D eigenvalue weighted by Crippen LogP contribution is -2.35. The second-order valence-electron chi connectivity index (χ2n) is 13.1. The maximum Gasteiger partial charge on any atom is 0.153 e. The van der Waals surface area contributed by atoms with Crippen LogP contribution in [0, 0.1) is 0 Å². The molecule has 0 bridgehead atoms. The van der Waals surface area contributed by atoms with Crippen LogP contribution in [-0.2, 0) is 0 Å². The molecule has 0 aliphatic carbocycles. The Labute approximate surface area is 297 Å². The third-order valence-electron chi connectivity index (χ3n) is 10.2. The SMILES string of the molecule is c1ccc(C2=NC(n3c4ccccc4c4ccccc43)[N-]C(c3cccc4c3oc3c4ccc4c5cc(-c6ccccc6)ccc5sc43)N2)cc1. The molecule has 2 unspecified atom stereocenters. The molecule has 7 aromatic carbocycles. The number of aromatic nitrogens is 1. The van der Waals surface area contributed by atoms with E-state index in [0.29, 0.717) is 0 Å². The number of rotatable bonds is 4. The third-order valence-corrected chi connectivity index (χ3v) is 11.4. The summed E-state index contributed by atoms with van der Waals surface area (Å²) in [5.74, 6) is 0.802. The second-order valence-corrected chi connectivity index (χ2v) is 14.2. The maximum atomic E-state index is 6.97. The molecule has 3 aromatic heterocycles. The molecule has 242 valence electrons. The lowest BCUT2D eigenvalue weighted by molar-refractivity contribution is 0.536. The van der Waals surface area contributed by atoms with Gasteiger partial charge in [-0.3, -0.25) is 4.99 Å². The van der Waals surface area contributed by atoms with Crippen molar-refractivity contribution in [3.05, 3.63) is 174 Å². The quantitative estimate of drug-likeness (QED) is 0.202. The number of hydrogen-bond donors (Lipinski definition) is 1. The van der Waals surface area contributed by atoms with Crippen LogP contribution in [0.1, 0.15) is 23.6 Å². The van der Waals surface area contributed by atoms with Crippen LogP contribution in [0.25, 0.3) is 80.4 Å². The van der Waals surface area contributed by atoms with Gasteiger partial charge in [0, 0.05) is 59.9 Å². The molecule has 1 aliphatic heterocycles. The summed E-state index contributed by atoms with van der Waals surface area (Å²) in [5.41, 5.74) is 8.41. The fourth-order valence-electron chi connectivity index (χ4n) is 7.86. The second kappa shape index (κ2) is 11.2. The van der Waals surface area contributed by atoms with E-state index < -0.39 is 12.5 Å². The fraction of sp³-hybridized carbons (Fsp3) is 0.0444. The van der Waals surface area contributed by atoms with Gasteiger partial charge in [-0.25, -0.2) is 0 Å². The van der Waals surface area contributed by atoms with Gasteiger partial charge in [-0.05, 0) is 53.2 Å². The summed E-state index contributed by atoms with van der Waals surface area (Å²) in [6.07, 6.45) is -0.901. The van der Waals surface area contributed by atoms with Crippen LogP contribution < -0.4 is 5.32 Å². The molecule has 2 atom stereocenters. The van der Waals surface area contributed by atoms with E-state index in [4.69, 9.17) is 14.7 Å². The predicted molar refractivity (Wildman–Crippen MR) is 213 cm³/mol. The number of fused-ring (bicyclic) bond motifs is 10. The van der Waals surface area contributed by atoms with Crippen molar-refractivity contribution in [2.45, 2.75) is 12.5 Å². The lowest BCUT2D eigenvalue weighted by atomic mass is 10.0. The molecule has 0 fully saturated rings. The van der Waals surface area contributed by atoms with Gasteiger partial charge in [0.1, 0.15) is 11.4 Å². The molecule has 1 N–H and O–H groups in total. The molecule has 0 saturated carbocycles. The van der Waals surface area contributed by atoms with E-state index in [9.17, 15) is 0 Å². The molecule has 0 radical (unpaired) electrons. The van der Waals surface area contributed by atoms with E-state index in [1.807, 2.05) is 6.07 Å². The summed E-state index contributed by atoms with van der Waals surface area (Å²) in [6.45, 7) is 0. The highest BCUT2D eigenvalue weighted by molar-refractivity contribution is 7.26. The van der Waals surface area contributed by atoms with Crippen LogP contribution in [0.4, 0.5) is 0 Å². The van der Waals surface area contributed by atoms with E-state index in [1.165, 1.54) is 37.4 Å². The summed E-state index contributed by atoms with van der Waals surface area (Å²) < 4.78 is 11.6. The van der Waals surface area contributed by atoms with Crippen molar-refractivity contribution in [2.75, 3.05) is 0 Å². The predicted octanol–water partition coefficient (Wildman–Crippen LogP) is 12.3. The van der Waals surface area contributed by atoms with Crippen molar-refractivity contribution >= 4 is 81.1 Å². The average molecular weight is 674 g/mol. The van der Waals surface area contributed by atoms with Gasteiger partial charge in [0.25, 0.3) is 0 Å². The van der Waals surface area contributed by atoms with Gasteiger partial charge >= 0.3 is 0 Å². The summed E-state index contributed by atoms with van der Waals surface area (Å²) in [5, 5.41) is 16.2. The van der Waals surface area contributed by atoms with Crippen LogP contribution >= 0.6 is 11.3 Å². The van der Waals surface area contributed by atoms with E-state index in [2.05, 4.69) is 162 Å². The fourth-order valence-corrected chi connectivity index (χ4v) is 9.03. The van der Waals surface area contributed by atoms with Crippen molar-refractivity contribution in [1.29, 1.82) is 0 Å². The largest absolute Gasteiger partial charge is 0.598 e. The third kappa shape index (κ3) is 4.40. The Morgan fingerprint density at radius 3 is 1.96 bits per heavy atom. The zero-order valence-corrected chi connectivity index (χ0v) is 28.1. The number of thiophene rings is 1. The highest BCUT2D eigenvalue weighted by Gasteiger charge is 2.23. The van der Waals surface area contributed by atoms with Gasteiger partial charge in [-0.1, -0.05) is 127 Å². The molecule has 10 aromatic rings. The Kier molecular flexibility index (Phi) is 6.26. The first kappa shape index (κ1) is 28.6. The van der Waals surface area contributed by atoms with E-state index in [0.717, 1.165) is 54.6 Å². The molecule has 0 spiro atoms. The monoisotopic (exact) mass is 673 g/mol. The van der Waals surface area contributed by atoms with Crippen molar-refractivity contribution in [3.8, 4) is 11.1 Å². The first-order valence-corrected chi connectivity index (χ1v) is 18.0. The molecular weight excluding hydrogens is 645 g/mol. The van der Waals surface area contributed by atoms with Crippen LogP contribution in [0.15, 0.2) is 167 Å². The first-order valence-electron chi connectivity index (χ1n) is 17.2. The zero-order valence-electron chi connectivity index (χ0n) is 27.3. The summed E-state index contributed by atoms with van der Waals surface area (Å²) in [6, 6.07) is 55.6. The summed E-state index contributed by atoms with van der Waals surface area (Å²) >= 11 is 1.79. The Bertz CT molecular complexity index is 2940. The van der Waals surface area contributed by atoms with Gasteiger partial charge in [-0.2, -0.15) is 0 Å². The van der Waals surface area contributed by atoms with Crippen LogP contribution in [-0.4, -0.2) is 10.4 Å². The number of furan rings is 1. The number of nitrogens with zero attached hydrogens (tertiary/aromatic N) is 3. The minimum atomic E-state index is -0.496. The molecule has 11 rings (SSSR count). The highest BCUT2D eigenvalue weighted by Crippen LogP contribution is 2.46. The standard InChI is InChI=1S/C45H29N4OS/c1-3-12-27(13-4-1)29-22-25-39-36(26-29)34-24-23-33-32-18-11-19-35(40(32)50-41(33)42(34)51-39)44-46-43(28-14-5-2-6-15-28)47-45(48-44)49-37-20-9-7-16-30(37)31-17-8-10-21-38(31)49/h1-26,44-45H,(H,46,47)/q-1. The van der Waals surface area contributed by atoms with Crippen LogP contribution in [0.5, 0.6) is 0 Å². The summed E-state index contributed by atoms with van der Waals surface area (Å²) in [4.78, 5) is 5.26. The maximum absolute atomic E-state index is 6.97. The van der Waals surface area contributed by atoms with Gasteiger partial charge < -0.3 is 19.6 Å². The smallest absolute Gasteiger partial charge is 0.153 e. The number of aliphatic imine (C=N–C) groups is 1. The molecule has 6 heteroatoms.